The normalized spacial score (nSPS) is 10.8. The molecule has 132 valence electrons. The molecule has 0 spiro atoms. The third-order valence-electron chi connectivity index (χ3n) is 3.75. The highest BCUT2D eigenvalue weighted by molar-refractivity contribution is 5.88. The second-order valence-electron chi connectivity index (χ2n) is 6.13. The molecule has 2 amide bonds. The molecule has 0 aromatic heterocycles. The predicted octanol–water partition coefficient (Wildman–Crippen LogP) is 4.92. The SMILES string of the molecule is C=C(CC)OC(=O)N(CCc1ccccc1)C(=O)OC(C)(C)CC. The maximum absolute atomic E-state index is 12.4. The smallest absolute Gasteiger partial charge is 0.424 e. The minimum Gasteiger partial charge on any atom is -0.443 e. The van der Waals surface area contributed by atoms with Crippen LogP contribution < -0.4 is 0 Å². The first-order valence-electron chi connectivity index (χ1n) is 8.23. The van der Waals surface area contributed by atoms with E-state index in [2.05, 4.69) is 6.58 Å². The van der Waals surface area contributed by atoms with E-state index < -0.39 is 17.8 Å². The highest BCUT2D eigenvalue weighted by Crippen LogP contribution is 2.17. The topological polar surface area (TPSA) is 55.8 Å². The summed E-state index contributed by atoms with van der Waals surface area (Å²) in [5, 5.41) is 0. The van der Waals surface area contributed by atoms with E-state index >= 15 is 0 Å². The first-order valence-corrected chi connectivity index (χ1v) is 8.23. The van der Waals surface area contributed by atoms with Crippen LogP contribution in [0.5, 0.6) is 0 Å². The molecule has 1 aromatic carbocycles. The Morgan fingerprint density at radius 3 is 2.29 bits per heavy atom. The molecule has 0 N–H and O–H groups in total. The summed E-state index contributed by atoms with van der Waals surface area (Å²) in [7, 11) is 0. The molecule has 0 atom stereocenters. The molecule has 0 aliphatic rings. The fourth-order valence-electron chi connectivity index (χ4n) is 1.76. The van der Waals surface area contributed by atoms with Gasteiger partial charge in [-0.1, -0.05) is 50.8 Å². The number of ether oxygens (including phenoxy) is 2. The van der Waals surface area contributed by atoms with Gasteiger partial charge < -0.3 is 9.47 Å². The van der Waals surface area contributed by atoms with Gasteiger partial charge in [-0.25, -0.2) is 14.5 Å². The number of hydrogen-bond acceptors (Lipinski definition) is 4. The highest BCUT2D eigenvalue weighted by Gasteiger charge is 2.30. The van der Waals surface area contributed by atoms with E-state index in [9.17, 15) is 9.59 Å². The van der Waals surface area contributed by atoms with Crippen molar-refractivity contribution in [3.63, 3.8) is 0 Å². The predicted molar refractivity (Wildman–Crippen MR) is 93.6 cm³/mol. The summed E-state index contributed by atoms with van der Waals surface area (Å²) >= 11 is 0. The van der Waals surface area contributed by atoms with Crippen molar-refractivity contribution in [1.29, 1.82) is 0 Å². The number of carbonyl (C=O) groups excluding carboxylic acids is 2. The summed E-state index contributed by atoms with van der Waals surface area (Å²) in [6.45, 7) is 11.2. The molecule has 0 heterocycles. The molecule has 24 heavy (non-hydrogen) atoms. The summed E-state index contributed by atoms with van der Waals surface area (Å²) in [6.07, 6.45) is 0.202. The molecule has 5 nitrogen and oxygen atoms in total. The third kappa shape index (κ3) is 6.44. The maximum Gasteiger partial charge on any atom is 0.424 e. The number of hydrogen-bond donors (Lipinski definition) is 0. The fraction of sp³-hybridized carbons (Fsp3) is 0.474. The number of amides is 2. The van der Waals surface area contributed by atoms with Crippen molar-refractivity contribution in [2.45, 2.75) is 52.6 Å². The lowest BCUT2D eigenvalue weighted by Gasteiger charge is -2.27. The number of nitrogens with zero attached hydrogens (tertiary/aromatic N) is 1. The van der Waals surface area contributed by atoms with Crippen LogP contribution in [0.2, 0.25) is 0 Å². The number of carbonyl (C=O) groups is 2. The van der Waals surface area contributed by atoms with Gasteiger partial charge in [0.15, 0.2) is 0 Å². The van der Waals surface area contributed by atoms with Crippen LogP contribution in [0, 0.1) is 0 Å². The van der Waals surface area contributed by atoms with E-state index in [1.54, 1.807) is 13.8 Å². The molecule has 0 bridgehead atoms. The quantitative estimate of drug-likeness (QED) is 0.665. The zero-order valence-corrected chi connectivity index (χ0v) is 15.0. The Hall–Kier alpha value is -2.30. The summed E-state index contributed by atoms with van der Waals surface area (Å²) in [4.78, 5) is 25.7. The van der Waals surface area contributed by atoms with E-state index in [4.69, 9.17) is 9.47 Å². The number of imide groups is 1. The third-order valence-corrected chi connectivity index (χ3v) is 3.75. The molecule has 0 saturated heterocycles. The molecule has 0 aliphatic heterocycles. The summed E-state index contributed by atoms with van der Waals surface area (Å²) in [5.74, 6) is 0.312. The lowest BCUT2D eigenvalue weighted by molar-refractivity contribution is 0.0125. The molecule has 1 aromatic rings. The van der Waals surface area contributed by atoms with Gasteiger partial charge in [0, 0.05) is 13.0 Å². The van der Waals surface area contributed by atoms with Crippen molar-refractivity contribution in [2.75, 3.05) is 6.54 Å². The fourth-order valence-corrected chi connectivity index (χ4v) is 1.76. The first kappa shape index (κ1) is 19.7. The molecule has 0 unspecified atom stereocenters. The number of benzene rings is 1. The lowest BCUT2D eigenvalue weighted by Crippen LogP contribution is -2.42. The van der Waals surface area contributed by atoms with Crippen LogP contribution in [0.1, 0.15) is 46.1 Å². The lowest BCUT2D eigenvalue weighted by atomic mass is 10.1. The van der Waals surface area contributed by atoms with E-state index in [-0.39, 0.29) is 6.54 Å². The summed E-state index contributed by atoms with van der Waals surface area (Å²) < 4.78 is 10.5. The van der Waals surface area contributed by atoms with Gasteiger partial charge in [0.05, 0.1) is 0 Å². The van der Waals surface area contributed by atoms with Crippen LogP contribution in [0.15, 0.2) is 42.7 Å². The Labute approximate surface area is 144 Å². The largest absolute Gasteiger partial charge is 0.443 e. The molecule has 0 aliphatic carbocycles. The monoisotopic (exact) mass is 333 g/mol. The van der Waals surface area contributed by atoms with E-state index in [1.165, 1.54) is 0 Å². The standard InChI is InChI=1S/C19H27NO4/c1-6-15(3)23-17(21)20(18(22)24-19(4,5)7-2)14-13-16-11-9-8-10-12-16/h8-12H,3,6-7,13-14H2,1-2,4-5H3. The van der Waals surface area contributed by atoms with Gasteiger partial charge in [-0.2, -0.15) is 0 Å². The molecule has 5 heteroatoms. The second-order valence-corrected chi connectivity index (χ2v) is 6.13. The average Bonchev–Trinajstić information content (AvgIpc) is 2.55. The second kappa shape index (κ2) is 9.11. The minimum absolute atomic E-state index is 0.179. The zero-order valence-electron chi connectivity index (χ0n) is 15.0. The molecule has 0 fully saturated rings. The van der Waals surface area contributed by atoms with Crippen molar-refractivity contribution >= 4 is 12.2 Å². The Balaban J connectivity index is 2.83. The highest BCUT2D eigenvalue weighted by atomic mass is 16.6. The Morgan fingerprint density at radius 2 is 1.75 bits per heavy atom. The van der Waals surface area contributed by atoms with Crippen LogP contribution in [-0.2, 0) is 15.9 Å². The van der Waals surface area contributed by atoms with Crippen molar-refractivity contribution < 1.29 is 19.1 Å². The van der Waals surface area contributed by atoms with Crippen molar-refractivity contribution in [3.05, 3.63) is 48.2 Å². The molecular formula is C19H27NO4. The van der Waals surface area contributed by atoms with E-state index in [1.807, 2.05) is 44.2 Å². The van der Waals surface area contributed by atoms with E-state index in [0.717, 1.165) is 10.5 Å². The molecule has 0 saturated carbocycles. The minimum atomic E-state index is -0.755. The maximum atomic E-state index is 12.4. The Bertz CT molecular complexity index is 566. The van der Waals surface area contributed by atoms with Crippen LogP contribution in [-0.4, -0.2) is 29.2 Å². The van der Waals surface area contributed by atoms with Crippen LogP contribution in [0.3, 0.4) is 0 Å². The zero-order chi connectivity index (χ0) is 18.2. The van der Waals surface area contributed by atoms with Crippen LogP contribution in [0.4, 0.5) is 9.59 Å². The van der Waals surface area contributed by atoms with Crippen molar-refractivity contribution in [3.8, 4) is 0 Å². The molecular weight excluding hydrogens is 306 g/mol. The van der Waals surface area contributed by atoms with Gasteiger partial charge in [0.1, 0.15) is 11.4 Å². The van der Waals surface area contributed by atoms with Gasteiger partial charge in [-0.3, -0.25) is 0 Å². The van der Waals surface area contributed by atoms with Crippen molar-refractivity contribution in [1.82, 2.24) is 4.90 Å². The number of allylic oxidation sites excluding steroid dienone is 1. The van der Waals surface area contributed by atoms with Gasteiger partial charge in [-0.05, 0) is 32.3 Å². The van der Waals surface area contributed by atoms with Gasteiger partial charge >= 0.3 is 12.2 Å². The van der Waals surface area contributed by atoms with Gasteiger partial charge in [-0.15, -0.1) is 0 Å². The summed E-state index contributed by atoms with van der Waals surface area (Å²) in [5.41, 5.74) is 0.372. The van der Waals surface area contributed by atoms with Crippen LogP contribution >= 0.6 is 0 Å². The van der Waals surface area contributed by atoms with Gasteiger partial charge in [0.2, 0.25) is 0 Å². The first-order chi connectivity index (χ1) is 11.3. The van der Waals surface area contributed by atoms with Crippen LogP contribution in [0.25, 0.3) is 0 Å². The molecule has 1 rings (SSSR count). The Morgan fingerprint density at radius 1 is 1.12 bits per heavy atom. The summed E-state index contributed by atoms with van der Waals surface area (Å²) in [6, 6.07) is 9.62. The Kier molecular flexibility index (Phi) is 7.49. The van der Waals surface area contributed by atoms with Gasteiger partial charge in [0.25, 0.3) is 0 Å². The molecule has 0 radical (unpaired) electrons. The average molecular weight is 333 g/mol. The van der Waals surface area contributed by atoms with E-state index in [0.29, 0.717) is 25.0 Å². The number of rotatable bonds is 7. The van der Waals surface area contributed by atoms with Crippen molar-refractivity contribution in [2.24, 2.45) is 0 Å².